The van der Waals surface area contributed by atoms with E-state index in [1.807, 2.05) is 19.2 Å². The molecule has 2 aliphatic rings. The summed E-state index contributed by atoms with van der Waals surface area (Å²) in [5.41, 5.74) is 3.51. The molecule has 6 heteroatoms. The lowest BCUT2D eigenvalue weighted by molar-refractivity contribution is 0.110. The van der Waals surface area contributed by atoms with E-state index >= 15 is 0 Å². The van der Waals surface area contributed by atoms with Crippen LogP contribution in [0.15, 0.2) is 60.4 Å². The molecule has 2 aromatic rings. The highest BCUT2D eigenvalue weighted by Crippen LogP contribution is 2.38. The summed E-state index contributed by atoms with van der Waals surface area (Å²) in [6, 6.07) is 11.5. The van der Waals surface area contributed by atoms with E-state index < -0.39 is 0 Å². The Kier molecular flexibility index (Phi) is 9.50. The fourth-order valence-electron chi connectivity index (χ4n) is 5.71. The van der Waals surface area contributed by atoms with Gasteiger partial charge in [-0.15, -0.1) is 0 Å². The summed E-state index contributed by atoms with van der Waals surface area (Å²) in [5, 5.41) is 9.91. The molecule has 4 rings (SSSR count). The Morgan fingerprint density at radius 2 is 1.95 bits per heavy atom. The number of nitrogens with zero attached hydrogens (tertiary/aromatic N) is 2. The summed E-state index contributed by atoms with van der Waals surface area (Å²) in [7, 11) is 3.74. The molecule has 0 saturated heterocycles. The van der Waals surface area contributed by atoms with Crippen molar-refractivity contribution < 1.29 is 19.0 Å². The van der Waals surface area contributed by atoms with E-state index in [0.29, 0.717) is 36.5 Å². The van der Waals surface area contributed by atoms with Crippen LogP contribution in [0.2, 0.25) is 0 Å². The topological polar surface area (TPSA) is 45.2 Å². The number of benzene rings is 2. The Morgan fingerprint density at radius 3 is 2.66 bits per heavy atom. The van der Waals surface area contributed by atoms with Crippen molar-refractivity contribution in [3.63, 3.8) is 0 Å². The maximum Gasteiger partial charge on any atom is 0.165 e. The smallest absolute Gasteiger partial charge is 0.165 e. The van der Waals surface area contributed by atoms with Crippen LogP contribution in [0.25, 0.3) is 0 Å². The molecule has 5 nitrogen and oxygen atoms in total. The van der Waals surface area contributed by atoms with Gasteiger partial charge in [-0.25, -0.2) is 4.39 Å². The number of ether oxygens (including phenoxy) is 2. The number of phenolic OH excluding ortho intramolecular Hbond substituents is 1. The second kappa shape index (κ2) is 12.8. The monoisotopic (exact) mass is 522 g/mol. The third kappa shape index (κ3) is 6.78. The summed E-state index contributed by atoms with van der Waals surface area (Å²) in [6.07, 6.45) is 9.65. The van der Waals surface area contributed by atoms with Crippen LogP contribution >= 0.6 is 0 Å². The molecule has 0 bridgehead atoms. The number of hydrogen-bond donors (Lipinski definition) is 1. The van der Waals surface area contributed by atoms with Gasteiger partial charge in [0.2, 0.25) is 0 Å². The predicted octanol–water partition coefficient (Wildman–Crippen LogP) is 5.96. The van der Waals surface area contributed by atoms with Crippen molar-refractivity contribution in [2.45, 2.75) is 58.7 Å². The Bertz CT molecular complexity index is 1150. The van der Waals surface area contributed by atoms with Crippen LogP contribution in [0.3, 0.4) is 0 Å². The van der Waals surface area contributed by atoms with Crippen LogP contribution in [-0.2, 0) is 24.1 Å². The van der Waals surface area contributed by atoms with Gasteiger partial charge in [-0.05, 0) is 112 Å². The van der Waals surface area contributed by atoms with E-state index in [4.69, 9.17) is 9.47 Å². The van der Waals surface area contributed by atoms with Crippen molar-refractivity contribution in [1.82, 2.24) is 9.80 Å². The summed E-state index contributed by atoms with van der Waals surface area (Å²) in [4.78, 5) is 4.59. The number of hydrogen-bond acceptors (Lipinski definition) is 5. The van der Waals surface area contributed by atoms with Crippen LogP contribution in [0.5, 0.6) is 11.5 Å². The fraction of sp³-hybridized carbons (Fsp3) is 0.500. The lowest BCUT2D eigenvalue weighted by Gasteiger charge is -2.43. The minimum atomic E-state index is -0.314. The molecule has 2 aliphatic carbocycles. The highest BCUT2D eigenvalue weighted by Gasteiger charge is 2.36. The maximum absolute atomic E-state index is 15.0. The Morgan fingerprint density at radius 1 is 1.13 bits per heavy atom. The zero-order valence-electron chi connectivity index (χ0n) is 23.5. The van der Waals surface area contributed by atoms with Gasteiger partial charge in [-0.3, -0.25) is 4.90 Å². The lowest BCUT2D eigenvalue weighted by Crippen LogP contribution is -2.46. The largest absolute Gasteiger partial charge is 0.508 e. The first-order valence-electron chi connectivity index (χ1n) is 13.9. The molecule has 0 radical (unpaired) electrons. The molecule has 0 aromatic heterocycles. The SMILES string of the molecule is CCN(C)CCOc1ccc(CN(C(C)C)C2C=C(OC)C=CC2[C@@H]2CCc3cc(O)ccc3C2)cc1F. The third-order valence-electron chi connectivity index (χ3n) is 8.13. The molecule has 0 spiro atoms. The van der Waals surface area contributed by atoms with Crippen LogP contribution < -0.4 is 4.74 Å². The van der Waals surface area contributed by atoms with Crippen molar-refractivity contribution in [3.8, 4) is 11.5 Å². The number of aryl methyl sites for hydroxylation is 1. The zero-order valence-corrected chi connectivity index (χ0v) is 23.5. The van der Waals surface area contributed by atoms with E-state index in [1.54, 1.807) is 25.3 Å². The second-order valence-corrected chi connectivity index (χ2v) is 10.9. The van der Waals surface area contributed by atoms with E-state index in [9.17, 15) is 9.50 Å². The first kappa shape index (κ1) is 28.2. The summed E-state index contributed by atoms with van der Waals surface area (Å²) in [5.74, 6) is 1.98. The number of fused-ring (bicyclic) bond motifs is 1. The second-order valence-electron chi connectivity index (χ2n) is 10.9. The predicted molar refractivity (Wildman–Crippen MR) is 151 cm³/mol. The first-order chi connectivity index (χ1) is 18.3. The summed E-state index contributed by atoms with van der Waals surface area (Å²) >= 11 is 0. The summed E-state index contributed by atoms with van der Waals surface area (Å²) in [6.45, 7) is 9.28. The van der Waals surface area contributed by atoms with Crippen LogP contribution in [0, 0.1) is 17.7 Å². The van der Waals surface area contributed by atoms with Crippen molar-refractivity contribution in [1.29, 1.82) is 0 Å². The third-order valence-corrected chi connectivity index (χ3v) is 8.13. The van der Waals surface area contributed by atoms with Gasteiger partial charge in [-0.1, -0.05) is 25.1 Å². The number of halogens is 1. The Balaban J connectivity index is 1.52. The van der Waals surface area contributed by atoms with Crippen molar-refractivity contribution >= 4 is 0 Å². The molecule has 0 amide bonds. The fourth-order valence-corrected chi connectivity index (χ4v) is 5.71. The highest BCUT2D eigenvalue weighted by atomic mass is 19.1. The van der Waals surface area contributed by atoms with Crippen LogP contribution in [-0.4, -0.2) is 60.8 Å². The maximum atomic E-state index is 15.0. The Hall–Kier alpha value is -2.83. The van der Waals surface area contributed by atoms with Crippen molar-refractivity contribution in [3.05, 3.63) is 82.9 Å². The molecule has 206 valence electrons. The van der Waals surface area contributed by atoms with Crippen molar-refractivity contribution in [2.24, 2.45) is 11.8 Å². The van der Waals surface area contributed by atoms with Crippen LogP contribution in [0.4, 0.5) is 4.39 Å². The molecular formula is C32H43FN2O3. The molecule has 0 fully saturated rings. The minimum absolute atomic E-state index is 0.127. The van der Waals surface area contributed by atoms with Crippen molar-refractivity contribution in [2.75, 3.05) is 33.9 Å². The van der Waals surface area contributed by atoms with Gasteiger partial charge in [0.05, 0.1) is 7.11 Å². The van der Waals surface area contributed by atoms with Gasteiger partial charge in [0, 0.05) is 25.2 Å². The highest BCUT2D eigenvalue weighted by molar-refractivity contribution is 5.37. The van der Waals surface area contributed by atoms with Gasteiger partial charge in [0.25, 0.3) is 0 Å². The molecule has 3 atom stereocenters. The van der Waals surface area contributed by atoms with Crippen LogP contribution in [0.1, 0.15) is 43.9 Å². The Labute approximate surface area is 227 Å². The molecule has 2 unspecified atom stereocenters. The lowest BCUT2D eigenvalue weighted by atomic mass is 9.72. The van der Waals surface area contributed by atoms with E-state index in [0.717, 1.165) is 43.7 Å². The van der Waals surface area contributed by atoms with E-state index in [1.165, 1.54) is 11.1 Å². The average molecular weight is 523 g/mol. The molecule has 0 saturated carbocycles. The number of methoxy groups -OCH3 is 1. The van der Waals surface area contributed by atoms with Gasteiger partial charge in [0.1, 0.15) is 18.1 Å². The number of phenols is 1. The summed E-state index contributed by atoms with van der Waals surface area (Å²) < 4.78 is 26.3. The first-order valence-corrected chi connectivity index (χ1v) is 13.9. The zero-order chi connectivity index (χ0) is 27.2. The normalized spacial score (nSPS) is 21.1. The molecule has 0 aliphatic heterocycles. The molecular weight excluding hydrogens is 479 g/mol. The average Bonchev–Trinajstić information content (AvgIpc) is 2.91. The quantitative estimate of drug-likeness (QED) is 0.394. The van der Waals surface area contributed by atoms with Gasteiger partial charge < -0.3 is 19.5 Å². The van der Waals surface area contributed by atoms with Gasteiger partial charge in [-0.2, -0.15) is 0 Å². The number of likely N-dealkylation sites (N-methyl/N-ethyl adjacent to an activating group) is 1. The number of rotatable bonds is 11. The number of allylic oxidation sites excluding steroid dienone is 1. The van der Waals surface area contributed by atoms with E-state index in [-0.39, 0.29) is 17.9 Å². The standard InChI is InChI=1S/C32H43FN2O3/c1-6-34(4)15-16-38-32-14-7-23(17-30(32)33)21-35(22(2)3)31-20-28(37-5)12-13-29(31)26-9-8-25-19-27(36)11-10-24(25)18-26/h7,10-14,17,19-20,22,26,29,31,36H,6,8-9,15-16,18,21H2,1-5H3/t26-,29?,31?/m1/s1. The van der Waals surface area contributed by atoms with E-state index in [2.05, 4.69) is 54.9 Å². The molecule has 0 heterocycles. The molecule has 38 heavy (non-hydrogen) atoms. The van der Waals surface area contributed by atoms with Gasteiger partial charge >= 0.3 is 0 Å². The molecule has 2 aromatic carbocycles. The molecule has 1 N–H and O–H groups in total. The van der Waals surface area contributed by atoms with Gasteiger partial charge in [0.15, 0.2) is 11.6 Å². The number of aromatic hydroxyl groups is 1. The minimum Gasteiger partial charge on any atom is -0.508 e.